The van der Waals surface area contributed by atoms with E-state index in [2.05, 4.69) is 41.1 Å². The number of hydrogen-bond donors (Lipinski definition) is 2. The van der Waals surface area contributed by atoms with Crippen molar-refractivity contribution in [3.8, 4) is 5.75 Å². The molecule has 2 N–H and O–H groups in total. The average molecular weight is 527 g/mol. The molecule has 2 aliphatic rings. The lowest BCUT2D eigenvalue weighted by atomic mass is 9.89. The molecule has 3 aromatic carbocycles. The van der Waals surface area contributed by atoms with Gasteiger partial charge in [0.2, 0.25) is 0 Å². The highest BCUT2D eigenvalue weighted by atomic mass is 16.9. The van der Waals surface area contributed by atoms with Gasteiger partial charge in [-0.3, -0.25) is 4.90 Å². The van der Waals surface area contributed by atoms with E-state index in [1.54, 1.807) is 24.4 Å². The zero-order valence-electron chi connectivity index (χ0n) is 21.6. The molecule has 8 heteroatoms. The number of nitrogens with one attached hydrogen (secondary N) is 1. The summed E-state index contributed by atoms with van der Waals surface area (Å²) < 4.78 is 17.2. The largest absolute Gasteiger partial charge is 0.451 e. The Morgan fingerprint density at radius 3 is 2.62 bits per heavy atom. The Balaban J connectivity index is 1.35. The second-order valence-electron chi connectivity index (χ2n) is 10.1. The van der Waals surface area contributed by atoms with Crippen LogP contribution in [0.25, 0.3) is 21.7 Å². The Bertz CT molecular complexity index is 1550. The van der Waals surface area contributed by atoms with Crippen molar-refractivity contribution >= 4 is 33.6 Å². The van der Waals surface area contributed by atoms with E-state index >= 15 is 0 Å². The van der Waals surface area contributed by atoms with Crippen LogP contribution in [0.3, 0.4) is 0 Å². The van der Waals surface area contributed by atoms with Crippen molar-refractivity contribution in [2.45, 2.75) is 44.3 Å². The number of nitrogens with zero attached hydrogens (tertiary/aromatic N) is 1. The van der Waals surface area contributed by atoms with Gasteiger partial charge < -0.3 is 24.3 Å². The molecular weight excluding hydrogens is 496 g/mol. The van der Waals surface area contributed by atoms with Crippen molar-refractivity contribution in [3.63, 3.8) is 0 Å². The van der Waals surface area contributed by atoms with Crippen LogP contribution in [0.2, 0.25) is 0 Å². The number of cyclic esters (lactones) is 2. The first-order valence-corrected chi connectivity index (χ1v) is 13.2. The fourth-order valence-electron chi connectivity index (χ4n) is 5.75. The van der Waals surface area contributed by atoms with Gasteiger partial charge in [-0.15, -0.1) is 0 Å². The highest BCUT2D eigenvalue weighted by Crippen LogP contribution is 2.38. The molecule has 2 atom stereocenters. The van der Waals surface area contributed by atoms with Crippen LogP contribution in [-0.4, -0.2) is 52.1 Å². The fourth-order valence-corrected chi connectivity index (χ4v) is 5.75. The minimum Gasteiger partial charge on any atom is -0.418 e. The third-order valence-corrected chi connectivity index (χ3v) is 7.68. The predicted molar refractivity (Wildman–Crippen MR) is 146 cm³/mol. The predicted octanol–water partition coefficient (Wildman–Crippen LogP) is 4.91. The Labute approximate surface area is 225 Å². The molecule has 3 heterocycles. The number of aromatic nitrogens is 1. The molecule has 2 aliphatic heterocycles. The van der Waals surface area contributed by atoms with Crippen LogP contribution in [0.5, 0.6) is 5.75 Å². The number of fused-ring (bicyclic) bond motifs is 2. The Kier molecular flexibility index (Phi) is 6.58. The maximum atomic E-state index is 12.5. The minimum absolute atomic E-state index is 0.0264. The van der Waals surface area contributed by atoms with Gasteiger partial charge in [-0.05, 0) is 66.4 Å². The first kappa shape index (κ1) is 25.2. The summed E-state index contributed by atoms with van der Waals surface area (Å²) in [4.78, 5) is 30.4. The molecule has 6 rings (SSSR count). The van der Waals surface area contributed by atoms with E-state index in [0.717, 1.165) is 43.5 Å². The molecule has 8 nitrogen and oxygen atoms in total. The fraction of sp³-hybridized carbons (Fsp3) is 0.290. The van der Waals surface area contributed by atoms with Crippen LogP contribution in [-0.2, 0) is 19.1 Å². The minimum atomic E-state index is -2.37. The van der Waals surface area contributed by atoms with Crippen molar-refractivity contribution in [2.75, 3.05) is 13.1 Å². The van der Waals surface area contributed by atoms with E-state index in [9.17, 15) is 14.7 Å². The van der Waals surface area contributed by atoms with Gasteiger partial charge in [0.15, 0.2) is 6.10 Å². The smallest absolute Gasteiger partial charge is 0.418 e. The molecule has 0 unspecified atom stereocenters. The zero-order valence-corrected chi connectivity index (χ0v) is 21.6. The van der Waals surface area contributed by atoms with Gasteiger partial charge in [-0.25, -0.2) is 9.59 Å². The van der Waals surface area contributed by atoms with Crippen LogP contribution >= 0.6 is 0 Å². The van der Waals surface area contributed by atoms with Crippen LogP contribution in [0, 0.1) is 6.92 Å². The number of carbonyl (C=O) groups is 2. The second-order valence-corrected chi connectivity index (χ2v) is 10.1. The topological polar surface area (TPSA) is 101 Å². The first-order chi connectivity index (χ1) is 18.9. The summed E-state index contributed by atoms with van der Waals surface area (Å²) in [6, 6.07) is 19.7. The van der Waals surface area contributed by atoms with Gasteiger partial charge in [0.1, 0.15) is 5.75 Å². The summed E-state index contributed by atoms with van der Waals surface area (Å²) in [6.07, 6.45) is 5.10. The molecule has 0 saturated carbocycles. The average Bonchev–Trinajstić information content (AvgIpc) is 3.37. The number of aliphatic hydroxyl groups is 1. The lowest BCUT2D eigenvalue weighted by molar-refractivity contribution is -0.342. The standard InChI is InChI=1S/C31H30N2O6/c1-20-22-8-3-2-7-21(22)12-13-23(20)26-10-4-5-18-33(26)19-28(34)31(38-29(35)14-15-30(36)39-31)37-27-11-6-9-25-24(27)16-17-32-25/h2-3,6-9,11-17,26,28,32,34H,4-5,10,18-19H2,1H3/t26-,28-/m0/s1. The summed E-state index contributed by atoms with van der Waals surface area (Å²) in [5.74, 6) is -3.76. The number of aliphatic hydroxyl groups excluding tert-OH is 1. The molecule has 39 heavy (non-hydrogen) atoms. The Morgan fingerprint density at radius 1 is 1.00 bits per heavy atom. The molecule has 0 bridgehead atoms. The zero-order chi connectivity index (χ0) is 27.0. The molecule has 0 amide bonds. The number of ether oxygens (including phenoxy) is 3. The van der Waals surface area contributed by atoms with E-state index in [0.29, 0.717) is 11.1 Å². The molecule has 4 aromatic rings. The number of aryl methyl sites for hydroxylation is 1. The molecule has 1 saturated heterocycles. The lowest BCUT2D eigenvalue weighted by Gasteiger charge is -2.41. The van der Waals surface area contributed by atoms with E-state index in [-0.39, 0.29) is 12.6 Å². The summed E-state index contributed by atoms with van der Waals surface area (Å²) in [7, 11) is 0. The second kappa shape index (κ2) is 10.2. The van der Waals surface area contributed by atoms with Gasteiger partial charge >= 0.3 is 17.9 Å². The number of aromatic amines is 1. The van der Waals surface area contributed by atoms with E-state index < -0.39 is 24.0 Å². The highest BCUT2D eigenvalue weighted by Gasteiger charge is 2.52. The van der Waals surface area contributed by atoms with Crippen LogP contribution in [0.1, 0.15) is 36.4 Å². The van der Waals surface area contributed by atoms with Crippen LogP contribution < -0.4 is 4.74 Å². The molecule has 1 aromatic heterocycles. The number of likely N-dealkylation sites (tertiary alicyclic amines) is 1. The molecule has 0 spiro atoms. The number of carbonyl (C=O) groups excluding carboxylic acids is 2. The SMILES string of the molecule is Cc1c([C@@H]2CCCCN2C[C@H](O)C2(Oc3cccc4[nH]ccc34)OC(=O)C=CC(=O)O2)ccc2ccccc12. The highest BCUT2D eigenvalue weighted by molar-refractivity contribution is 5.93. The van der Waals surface area contributed by atoms with E-state index in [1.807, 2.05) is 18.2 Å². The number of H-pyrrole nitrogens is 1. The monoisotopic (exact) mass is 526 g/mol. The van der Waals surface area contributed by atoms with Crippen molar-refractivity contribution in [1.29, 1.82) is 0 Å². The number of hydrogen-bond acceptors (Lipinski definition) is 7. The maximum absolute atomic E-state index is 12.5. The van der Waals surface area contributed by atoms with Crippen LogP contribution in [0.15, 0.2) is 79.0 Å². The van der Waals surface area contributed by atoms with Crippen molar-refractivity contribution in [3.05, 3.63) is 90.1 Å². The van der Waals surface area contributed by atoms with Gasteiger partial charge in [-0.1, -0.05) is 48.9 Å². The third-order valence-electron chi connectivity index (χ3n) is 7.68. The third kappa shape index (κ3) is 4.77. The Hall–Kier alpha value is -4.14. The van der Waals surface area contributed by atoms with Gasteiger partial charge in [0, 0.05) is 41.8 Å². The number of esters is 2. The van der Waals surface area contributed by atoms with E-state index in [1.165, 1.54) is 21.9 Å². The number of piperidine rings is 1. The number of rotatable bonds is 6. The van der Waals surface area contributed by atoms with E-state index in [4.69, 9.17) is 14.2 Å². The summed E-state index contributed by atoms with van der Waals surface area (Å²) >= 11 is 0. The van der Waals surface area contributed by atoms with Crippen molar-refractivity contribution in [1.82, 2.24) is 9.88 Å². The normalized spacial score (nSPS) is 20.4. The lowest BCUT2D eigenvalue weighted by Crippen LogP contribution is -2.58. The first-order valence-electron chi connectivity index (χ1n) is 13.2. The summed E-state index contributed by atoms with van der Waals surface area (Å²) in [5.41, 5.74) is 3.16. The van der Waals surface area contributed by atoms with Gasteiger partial charge in [0.25, 0.3) is 0 Å². The molecule has 0 radical (unpaired) electrons. The summed E-state index contributed by atoms with van der Waals surface area (Å²) in [6.45, 7) is 2.90. The molecular formula is C31H30N2O6. The number of β-amino-alcohol motifs (C(OH)–C–C–N with tert-alkyl or cyclic N) is 1. The summed E-state index contributed by atoms with van der Waals surface area (Å²) in [5, 5.41) is 14.7. The number of benzene rings is 3. The molecule has 200 valence electrons. The van der Waals surface area contributed by atoms with Gasteiger partial charge in [0.05, 0.1) is 0 Å². The van der Waals surface area contributed by atoms with Crippen LogP contribution in [0.4, 0.5) is 0 Å². The van der Waals surface area contributed by atoms with Gasteiger partial charge in [-0.2, -0.15) is 0 Å². The molecule has 1 fully saturated rings. The molecule has 0 aliphatic carbocycles. The van der Waals surface area contributed by atoms with Crippen molar-refractivity contribution in [2.24, 2.45) is 0 Å². The quantitative estimate of drug-likeness (QED) is 0.345. The Morgan fingerprint density at radius 2 is 1.79 bits per heavy atom. The van der Waals surface area contributed by atoms with Crippen molar-refractivity contribution < 1.29 is 28.9 Å². The maximum Gasteiger partial charge on any atom is 0.451 e.